The van der Waals surface area contributed by atoms with Crippen LogP contribution in [0.25, 0.3) is 11.1 Å². The third-order valence-corrected chi connectivity index (χ3v) is 5.90. The topological polar surface area (TPSA) is 9.23 Å². The molecule has 0 aliphatic heterocycles. The molecule has 0 unspecified atom stereocenters. The Morgan fingerprint density at radius 3 is 2.14 bits per heavy atom. The Hall–Kier alpha value is -2.12. The maximum absolute atomic E-state index is 5.68. The molecule has 2 aromatic rings. The Morgan fingerprint density at radius 2 is 1.54 bits per heavy atom. The van der Waals surface area contributed by atoms with E-state index in [-0.39, 0.29) is 0 Å². The van der Waals surface area contributed by atoms with Crippen molar-refractivity contribution in [2.45, 2.75) is 58.0 Å². The summed E-state index contributed by atoms with van der Waals surface area (Å²) in [5, 5.41) is 0. The molecule has 0 radical (unpaired) electrons. The summed E-state index contributed by atoms with van der Waals surface area (Å²) in [6.45, 7) is 7.38. The SMILES string of the molecule is C=CC[C@H]1CC[C@H](c2ccc(-c3ccc(COCC=CCC)cc3)cc2)CC1. The summed E-state index contributed by atoms with van der Waals surface area (Å²) in [6.07, 6.45) is 13.9. The number of hydrogen-bond acceptors (Lipinski definition) is 1. The molecular weight excluding hydrogens is 340 g/mol. The molecule has 1 fully saturated rings. The Balaban J connectivity index is 1.53. The lowest BCUT2D eigenvalue weighted by Gasteiger charge is -2.28. The minimum absolute atomic E-state index is 0.668. The predicted molar refractivity (Wildman–Crippen MR) is 120 cm³/mol. The van der Waals surface area contributed by atoms with Gasteiger partial charge in [0.2, 0.25) is 0 Å². The number of hydrogen-bond donors (Lipinski definition) is 0. The normalized spacial score (nSPS) is 19.8. The van der Waals surface area contributed by atoms with Gasteiger partial charge in [0.25, 0.3) is 0 Å². The van der Waals surface area contributed by atoms with Gasteiger partial charge in [-0.3, -0.25) is 0 Å². The maximum atomic E-state index is 5.68. The minimum atomic E-state index is 0.668. The molecule has 1 aliphatic rings. The fraction of sp³-hybridized carbons (Fsp3) is 0.407. The molecule has 0 amide bonds. The Kier molecular flexibility index (Phi) is 8.11. The second-order valence-electron chi connectivity index (χ2n) is 7.96. The molecule has 148 valence electrons. The first-order valence-electron chi connectivity index (χ1n) is 10.8. The summed E-state index contributed by atoms with van der Waals surface area (Å²) in [5.74, 6) is 1.59. The molecule has 1 heteroatoms. The van der Waals surface area contributed by atoms with E-state index < -0.39 is 0 Å². The van der Waals surface area contributed by atoms with Crippen LogP contribution < -0.4 is 0 Å². The zero-order valence-corrected chi connectivity index (χ0v) is 17.3. The Morgan fingerprint density at radius 1 is 0.893 bits per heavy atom. The van der Waals surface area contributed by atoms with Crippen LogP contribution in [0.4, 0.5) is 0 Å². The molecule has 0 saturated heterocycles. The van der Waals surface area contributed by atoms with Crippen molar-refractivity contribution < 1.29 is 4.74 Å². The van der Waals surface area contributed by atoms with E-state index in [1.807, 2.05) is 0 Å². The fourth-order valence-corrected chi connectivity index (χ4v) is 4.19. The lowest BCUT2D eigenvalue weighted by atomic mass is 9.77. The van der Waals surface area contributed by atoms with Gasteiger partial charge in [-0.2, -0.15) is 0 Å². The first kappa shape index (κ1) is 20.6. The monoisotopic (exact) mass is 374 g/mol. The quantitative estimate of drug-likeness (QED) is 0.323. The van der Waals surface area contributed by atoms with Crippen LogP contribution in [0.3, 0.4) is 0 Å². The van der Waals surface area contributed by atoms with Crippen LogP contribution in [0.5, 0.6) is 0 Å². The van der Waals surface area contributed by atoms with Crippen LogP contribution in [0.15, 0.2) is 73.3 Å². The second kappa shape index (κ2) is 11.0. The molecule has 1 nitrogen and oxygen atoms in total. The van der Waals surface area contributed by atoms with Crippen molar-refractivity contribution in [3.05, 3.63) is 84.5 Å². The van der Waals surface area contributed by atoms with Crippen molar-refractivity contribution in [2.24, 2.45) is 5.92 Å². The average molecular weight is 375 g/mol. The smallest absolute Gasteiger partial charge is 0.0721 e. The molecule has 1 saturated carbocycles. The van der Waals surface area contributed by atoms with Crippen molar-refractivity contribution in [3.8, 4) is 11.1 Å². The van der Waals surface area contributed by atoms with Gasteiger partial charge in [0.1, 0.15) is 0 Å². The van der Waals surface area contributed by atoms with Gasteiger partial charge in [-0.1, -0.05) is 73.7 Å². The molecule has 0 N–H and O–H groups in total. The summed E-state index contributed by atoms with van der Waals surface area (Å²) >= 11 is 0. The molecule has 28 heavy (non-hydrogen) atoms. The fourth-order valence-electron chi connectivity index (χ4n) is 4.19. The van der Waals surface area contributed by atoms with E-state index in [0.717, 1.165) is 18.3 Å². The van der Waals surface area contributed by atoms with Gasteiger partial charge in [0, 0.05) is 0 Å². The van der Waals surface area contributed by atoms with E-state index in [1.54, 1.807) is 0 Å². The van der Waals surface area contributed by atoms with Crippen LogP contribution in [-0.4, -0.2) is 6.61 Å². The lowest BCUT2D eigenvalue weighted by molar-refractivity contribution is 0.148. The molecule has 0 heterocycles. The average Bonchev–Trinajstić information content (AvgIpc) is 2.75. The zero-order valence-electron chi connectivity index (χ0n) is 17.3. The third kappa shape index (κ3) is 5.94. The summed E-state index contributed by atoms with van der Waals surface area (Å²) in [7, 11) is 0. The van der Waals surface area contributed by atoms with Crippen molar-refractivity contribution >= 4 is 0 Å². The van der Waals surface area contributed by atoms with Gasteiger partial charge in [0.05, 0.1) is 13.2 Å². The van der Waals surface area contributed by atoms with Crippen LogP contribution in [-0.2, 0) is 11.3 Å². The van der Waals surface area contributed by atoms with Crippen LogP contribution >= 0.6 is 0 Å². The van der Waals surface area contributed by atoms with Gasteiger partial charge in [0.15, 0.2) is 0 Å². The van der Waals surface area contributed by atoms with E-state index in [1.165, 1.54) is 54.4 Å². The number of rotatable bonds is 9. The van der Waals surface area contributed by atoms with Crippen molar-refractivity contribution in [1.82, 2.24) is 0 Å². The van der Waals surface area contributed by atoms with E-state index >= 15 is 0 Å². The van der Waals surface area contributed by atoms with E-state index in [4.69, 9.17) is 4.74 Å². The zero-order chi connectivity index (χ0) is 19.6. The van der Waals surface area contributed by atoms with Crippen molar-refractivity contribution in [2.75, 3.05) is 6.61 Å². The maximum Gasteiger partial charge on any atom is 0.0721 e. The molecule has 0 bridgehead atoms. The lowest BCUT2D eigenvalue weighted by Crippen LogP contribution is -2.12. The minimum Gasteiger partial charge on any atom is -0.373 e. The number of ether oxygens (including phenoxy) is 1. The van der Waals surface area contributed by atoms with Gasteiger partial charge >= 0.3 is 0 Å². The number of allylic oxidation sites excluding steroid dienone is 2. The second-order valence-corrected chi connectivity index (χ2v) is 7.96. The van der Waals surface area contributed by atoms with Crippen LogP contribution in [0.2, 0.25) is 0 Å². The van der Waals surface area contributed by atoms with E-state index in [9.17, 15) is 0 Å². The molecule has 0 spiro atoms. The van der Waals surface area contributed by atoms with Crippen LogP contribution in [0.1, 0.15) is 62.5 Å². The molecule has 3 rings (SSSR count). The predicted octanol–water partition coefficient (Wildman–Crippen LogP) is 7.69. The summed E-state index contributed by atoms with van der Waals surface area (Å²) in [5.41, 5.74) is 5.30. The highest BCUT2D eigenvalue weighted by Gasteiger charge is 2.21. The first-order chi connectivity index (χ1) is 13.8. The summed E-state index contributed by atoms with van der Waals surface area (Å²) in [4.78, 5) is 0. The molecule has 0 atom stereocenters. The van der Waals surface area contributed by atoms with Gasteiger partial charge in [-0.15, -0.1) is 6.58 Å². The van der Waals surface area contributed by atoms with Crippen molar-refractivity contribution in [3.63, 3.8) is 0 Å². The summed E-state index contributed by atoms with van der Waals surface area (Å²) in [6, 6.07) is 18.0. The van der Waals surface area contributed by atoms with E-state index in [0.29, 0.717) is 13.2 Å². The molecule has 2 aromatic carbocycles. The highest BCUT2D eigenvalue weighted by atomic mass is 16.5. The highest BCUT2D eigenvalue weighted by Crippen LogP contribution is 2.37. The number of benzene rings is 2. The molecular formula is C27H34O. The summed E-state index contributed by atoms with van der Waals surface area (Å²) < 4.78 is 5.68. The van der Waals surface area contributed by atoms with Crippen molar-refractivity contribution in [1.29, 1.82) is 0 Å². The van der Waals surface area contributed by atoms with Gasteiger partial charge < -0.3 is 4.74 Å². The van der Waals surface area contributed by atoms with E-state index in [2.05, 4.69) is 80.3 Å². The Labute approximate surface area is 171 Å². The molecule has 0 aromatic heterocycles. The molecule has 1 aliphatic carbocycles. The largest absolute Gasteiger partial charge is 0.373 e. The third-order valence-electron chi connectivity index (χ3n) is 5.90. The first-order valence-corrected chi connectivity index (χ1v) is 10.8. The van der Waals surface area contributed by atoms with Gasteiger partial charge in [-0.05, 0) is 72.6 Å². The standard InChI is InChI=1S/C27H34O/c1-3-5-6-20-28-21-23-10-14-25(15-11-23)27-18-16-26(17-19-27)24-12-8-22(7-4-2)9-13-24/h4-6,10-11,14-19,22,24H,2-3,7-9,12-13,20-21H2,1H3/t22-,24-. The van der Waals surface area contributed by atoms with Gasteiger partial charge in [-0.25, -0.2) is 0 Å². The van der Waals surface area contributed by atoms with Crippen LogP contribution in [0, 0.1) is 5.92 Å². The highest BCUT2D eigenvalue weighted by molar-refractivity contribution is 5.64. The Bertz CT molecular complexity index is 731.